The van der Waals surface area contributed by atoms with Gasteiger partial charge in [-0.15, -0.1) is 0 Å². The summed E-state index contributed by atoms with van der Waals surface area (Å²) in [5, 5.41) is 8.76. The molecular weight excluding hydrogens is 344 g/mol. The van der Waals surface area contributed by atoms with E-state index in [0.717, 1.165) is 24.9 Å². The van der Waals surface area contributed by atoms with Gasteiger partial charge in [0.25, 0.3) is 5.91 Å². The first-order valence-electron chi connectivity index (χ1n) is 9.05. The third-order valence-corrected chi connectivity index (χ3v) is 4.48. The van der Waals surface area contributed by atoms with Crippen molar-refractivity contribution in [3.8, 4) is 11.5 Å². The number of pyridine rings is 1. The van der Waals surface area contributed by atoms with E-state index in [1.165, 1.54) is 6.20 Å². The van der Waals surface area contributed by atoms with E-state index >= 15 is 0 Å². The van der Waals surface area contributed by atoms with Crippen LogP contribution in [0, 0.1) is 12.8 Å². The van der Waals surface area contributed by atoms with E-state index < -0.39 is 0 Å². The highest BCUT2D eigenvalue weighted by atomic mass is 16.5. The number of carbonyl (C=O) groups excluding carboxylic acids is 2. The molecule has 7 nitrogen and oxygen atoms in total. The molecule has 142 valence electrons. The molecule has 0 spiro atoms. The number of rotatable bonds is 5. The zero-order valence-corrected chi connectivity index (χ0v) is 15.5. The Hall–Kier alpha value is -2.93. The first-order valence-corrected chi connectivity index (χ1v) is 9.05. The number of hydrogen-bond donors (Lipinski definition) is 3. The number of aryl methyl sites for hydroxylation is 1. The minimum Gasteiger partial charge on any atom is -0.455 e. The van der Waals surface area contributed by atoms with Gasteiger partial charge in [0, 0.05) is 25.9 Å². The minimum absolute atomic E-state index is 0.0170. The highest BCUT2D eigenvalue weighted by Gasteiger charge is 2.22. The number of piperidine rings is 1. The molecule has 1 unspecified atom stereocenters. The summed E-state index contributed by atoms with van der Waals surface area (Å²) in [7, 11) is 1.55. The average molecular weight is 368 g/mol. The Kier molecular flexibility index (Phi) is 6.03. The van der Waals surface area contributed by atoms with Crippen LogP contribution in [0.5, 0.6) is 11.5 Å². The molecule has 3 rings (SSSR count). The number of ether oxygens (including phenoxy) is 1. The predicted octanol–water partition coefficient (Wildman–Crippen LogP) is 2.48. The molecule has 2 aromatic rings. The second-order valence-electron chi connectivity index (χ2n) is 6.59. The number of carbonyl (C=O) groups is 2. The van der Waals surface area contributed by atoms with Crippen molar-refractivity contribution in [3.63, 3.8) is 0 Å². The van der Waals surface area contributed by atoms with E-state index in [1.807, 2.05) is 25.1 Å². The Balaban J connectivity index is 1.80. The van der Waals surface area contributed by atoms with Crippen LogP contribution in [0.3, 0.4) is 0 Å². The first-order chi connectivity index (χ1) is 13.1. The molecule has 1 fully saturated rings. The van der Waals surface area contributed by atoms with E-state index in [2.05, 4.69) is 20.9 Å². The van der Waals surface area contributed by atoms with E-state index in [4.69, 9.17) is 4.74 Å². The largest absolute Gasteiger partial charge is 0.455 e. The number of anilines is 1. The Morgan fingerprint density at radius 2 is 2.11 bits per heavy atom. The highest BCUT2D eigenvalue weighted by molar-refractivity contribution is 5.94. The molecular formula is C20H24N4O3. The van der Waals surface area contributed by atoms with Crippen molar-refractivity contribution in [1.82, 2.24) is 15.6 Å². The van der Waals surface area contributed by atoms with Crippen LogP contribution in [0.4, 0.5) is 5.69 Å². The van der Waals surface area contributed by atoms with Crippen LogP contribution in [0.1, 0.15) is 28.9 Å². The molecule has 1 atom stereocenters. The van der Waals surface area contributed by atoms with Gasteiger partial charge in [0.15, 0.2) is 5.75 Å². The molecule has 3 N–H and O–H groups in total. The van der Waals surface area contributed by atoms with Crippen molar-refractivity contribution < 1.29 is 14.3 Å². The molecule has 0 saturated carbocycles. The van der Waals surface area contributed by atoms with Gasteiger partial charge in [-0.1, -0.05) is 6.07 Å². The van der Waals surface area contributed by atoms with E-state index in [0.29, 0.717) is 23.7 Å². The first kappa shape index (κ1) is 18.8. The monoisotopic (exact) mass is 368 g/mol. The molecule has 2 amide bonds. The molecule has 7 heteroatoms. The predicted molar refractivity (Wildman–Crippen MR) is 103 cm³/mol. The molecule has 1 saturated heterocycles. The molecule has 1 aliphatic heterocycles. The lowest BCUT2D eigenvalue weighted by Crippen LogP contribution is -2.37. The van der Waals surface area contributed by atoms with Gasteiger partial charge in [-0.3, -0.25) is 14.6 Å². The van der Waals surface area contributed by atoms with Gasteiger partial charge in [-0.05, 0) is 50.1 Å². The number of amides is 2. The third-order valence-electron chi connectivity index (χ3n) is 4.48. The van der Waals surface area contributed by atoms with Crippen molar-refractivity contribution >= 4 is 17.5 Å². The molecule has 1 aromatic carbocycles. The van der Waals surface area contributed by atoms with E-state index in [1.54, 1.807) is 19.2 Å². The normalized spacial score (nSPS) is 16.4. The minimum atomic E-state index is -0.289. The van der Waals surface area contributed by atoms with Crippen LogP contribution in [0.15, 0.2) is 36.5 Å². The topological polar surface area (TPSA) is 92.4 Å². The fraction of sp³-hybridized carbons (Fsp3) is 0.350. The lowest BCUT2D eigenvalue weighted by Gasteiger charge is -2.22. The van der Waals surface area contributed by atoms with Gasteiger partial charge in [-0.2, -0.15) is 0 Å². The SMILES string of the molecule is CNC(=O)c1cc(Oc2cc(C)ccc2NC(=O)C2CCCNC2)ccn1. The molecule has 1 aromatic heterocycles. The number of benzene rings is 1. The van der Waals surface area contributed by atoms with Crippen LogP contribution in [0.2, 0.25) is 0 Å². The molecule has 0 bridgehead atoms. The zero-order valence-electron chi connectivity index (χ0n) is 15.5. The van der Waals surface area contributed by atoms with Crippen molar-refractivity contribution in [1.29, 1.82) is 0 Å². The van der Waals surface area contributed by atoms with E-state index in [9.17, 15) is 9.59 Å². The lowest BCUT2D eigenvalue weighted by atomic mass is 9.98. The lowest BCUT2D eigenvalue weighted by molar-refractivity contribution is -0.120. The van der Waals surface area contributed by atoms with Crippen LogP contribution >= 0.6 is 0 Å². The average Bonchev–Trinajstić information content (AvgIpc) is 2.70. The fourth-order valence-electron chi connectivity index (χ4n) is 2.98. The van der Waals surface area contributed by atoms with Gasteiger partial charge in [0.1, 0.15) is 11.4 Å². The van der Waals surface area contributed by atoms with Crippen molar-refractivity contribution in [2.45, 2.75) is 19.8 Å². The summed E-state index contributed by atoms with van der Waals surface area (Å²) in [6.45, 7) is 3.60. The van der Waals surface area contributed by atoms with Crippen LogP contribution < -0.4 is 20.7 Å². The smallest absolute Gasteiger partial charge is 0.269 e. The summed E-state index contributed by atoms with van der Waals surface area (Å²) >= 11 is 0. The van der Waals surface area contributed by atoms with Gasteiger partial charge in [0.2, 0.25) is 5.91 Å². The molecule has 1 aliphatic rings. The van der Waals surface area contributed by atoms with Crippen molar-refractivity contribution in [3.05, 3.63) is 47.8 Å². The van der Waals surface area contributed by atoms with Crippen molar-refractivity contribution in [2.75, 3.05) is 25.5 Å². The maximum Gasteiger partial charge on any atom is 0.269 e. The highest BCUT2D eigenvalue weighted by Crippen LogP contribution is 2.31. The summed E-state index contributed by atoms with van der Waals surface area (Å²) in [6.07, 6.45) is 3.39. The summed E-state index contributed by atoms with van der Waals surface area (Å²) in [4.78, 5) is 28.4. The molecule has 0 radical (unpaired) electrons. The Labute approximate surface area is 158 Å². The summed E-state index contributed by atoms with van der Waals surface area (Å²) in [5.41, 5.74) is 1.87. The van der Waals surface area contributed by atoms with Crippen molar-refractivity contribution in [2.24, 2.45) is 5.92 Å². The fourth-order valence-corrected chi connectivity index (χ4v) is 2.98. The van der Waals surface area contributed by atoms with Crippen LogP contribution in [-0.4, -0.2) is 36.9 Å². The number of hydrogen-bond acceptors (Lipinski definition) is 5. The quantitative estimate of drug-likeness (QED) is 0.754. The molecule has 27 heavy (non-hydrogen) atoms. The maximum atomic E-state index is 12.6. The second-order valence-corrected chi connectivity index (χ2v) is 6.59. The molecule has 0 aliphatic carbocycles. The van der Waals surface area contributed by atoms with E-state index in [-0.39, 0.29) is 23.4 Å². The Morgan fingerprint density at radius 1 is 1.26 bits per heavy atom. The van der Waals surface area contributed by atoms with Gasteiger partial charge in [-0.25, -0.2) is 0 Å². The van der Waals surface area contributed by atoms with Gasteiger partial charge < -0.3 is 20.7 Å². The summed E-state index contributed by atoms with van der Waals surface area (Å²) in [5.74, 6) is 0.651. The Bertz CT molecular complexity index is 832. The van der Waals surface area contributed by atoms with Crippen LogP contribution in [-0.2, 0) is 4.79 Å². The number of aromatic nitrogens is 1. The maximum absolute atomic E-state index is 12.6. The van der Waals surface area contributed by atoms with Gasteiger partial charge >= 0.3 is 0 Å². The summed E-state index contributed by atoms with van der Waals surface area (Å²) < 4.78 is 5.96. The zero-order chi connectivity index (χ0) is 19.2. The standard InChI is InChI=1S/C20H24N4O3/c1-13-5-6-16(24-19(25)14-4-3-8-22-12-14)18(10-13)27-15-7-9-23-17(11-15)20(26)21-2/h5-7,9-11,14,22H,3-4,8,12H2,1-2H3,(H,21,26)(H,24,25). The Morgan fingerprint density at radius 3 is 2.85 bits per heavy atom. The summed E-state index contributed by atoms with van der Waals surface area (Å²) in [6, 6.07) is 8.85. The third kappa shape index (κ3) is 4.83. The molecule has 2 heterocycles. The number of nitrogens with zero attached hydrogens (tertiary/aromatic N) is 1. The van der Waals surface area contributed by atoms with Gasteiger partial charge in [0.05, 0.1) is 11.6 Å². The second kappa shape index (κ2) is 8.64. The number of nitrogens with one attached hydrogen (secondary N) is 3. The van der Waals surface area contributed by atoms with Crippen LogP contribution in [0.25, 0.3) is 0 Å².